The van der Waals surface area contributed by atoms with Gasteiger partial charge in [-0.05, 0) is 11.1 Å². The normalized spacial score (nSPS) is 12.9. The Morgan fingerprint density at radius 3 is 2.17 bits per heavy atom. The highest BCUT2D eigenvalue weighted by molar-refractivity contribution is 5.72. The van der Waals surface area contributed by atoms with E-state index in [1.54, 1.807) is 24.3 Å². The monoisotopic (exact) mass is 329 g/mol. The van der Waals surface area contributed by atoms with Crippen LogP contribution in [0.5, 0.6) is 0 Å². The SMILES string of the molecule is O=C(N[C@H](C[C@H](O)C(=O)O)c1ccccc1)OCc1ccccc1. The highest BCUT2D eigenvalue weighted by Crippen LogP contribution is 2.19. The molecule has 0 fully saturated rings. The van der Waals surface area contributed by atoms with Gasteiger partial charge in [-0.2, -0.15) is 0 Å². The van der Waals surface area contributed by atoms with Gasteiger partial charge in [-0.15, -0.1) is 0 Å². The number of alkyl carbamates (subject to hydrolysis) is 1. The van der Waals surface area contributed by atoms with Crippen LogP contribution in [0.2, 0.25) is 0 Å². The quantitative estimate of drug-likeness (QED) is 0.725. The predicted molar refractivity (Wildman–Crippen MR) is 87.2 cm³/mol. The molecule has 2 atom stereocenters. The number of nitrogens with one attached hydrogen (secondary N) is 1. The van der Waals surface area contributed by atoms with E-state index in [9.17, 15) is 14.7 Å². The Balaban J connectivity index is 1.99. The summed E-state index contributed by atoms with van der Waals surface area (Å²) in [6.45, 7) is 0.107. The van der Waals surface area contributed by atoms with Crippen LogP contribution in [-0.4, -0.2) is 28.4 Å². The van der Waals surface area contributed by atoms with Crippen molar-refractivity contribution in [3.8, 4) is 0 Å². The summed E-state index contributed by atoms with van der Waals surface area (Å²) in [5, 5.41) is 21.1. The van der Waals surface area contributed by atoms with Gasteiger partial charge in [0.05, 0.1) is 6.04 Å². The molecule has 2 aromatic rings. The summed E-state index contributed by atoms with van der Waals surface area (Å²) >= 11 is 0. The van der Waals surface area contributed by atoms with Gasteiger partial charge in [0.1, 0.15) is 6.61 Å². The smallest absolute Gasteiger partial charge is 0.407 e. The van der Waals surface area contributed by atoms with E-state index < -0.39 is 24.2 Å². The number of aliphatic carboxylic acids is 1. The summed E-state index contributed by atoms with van der Waals surface area (Å²) in [6.07, 6.45) is -2.41. The Bertz CT molecular complexity index is 660. The Labute approximate surface area is 139 Å². The number of carbonyl (C=O) groups is 2. The number of carbonyl (C=O) groups excluding carboxylic acids is 1. The topological polar surface area (TPSA) is 95.9 Å². The molecule has 2 aromatic carbocycles. The zero-order valence-corrected chi connectivity index (χ0v) is 13.0. The Kier molecular flexibility index (Phi) is 6.33. The van der Waals surface area contributed by atoms with Gasteiger partial charge in [-0.3, -0.25) is 0 Å². The number of amides is 1. The number of hydrogen-bond donors (Lipinski definition) is 3. The Morgan fingerprint density at radius 2 is 1.58 bits per heavy atom. The largest absolute Gasteiger partial charge is 0.479 e. The number of hydrogen-bond acceptors (Lipinski definition) is 4. The summed E-state index contributed by atoms with van der Waals surface area (Å²) in [7, 11) is 0. The first-order valence-electron chi connectivity index (χ1n) is 7.49. The Hall–Kier alpha value is -2.86. The van der Waals surface area contributed by atoms with Crippen LogP contribution in [0.15, 0.2) is 60.7 Å². The average Bonchev–Trinajstić information content (AvgIpc) is 2.61. The van der Waals surface area contributed by atoms with E-state index in [0.29, 0.717) is 5.56 Å². The third-order valence-corrected chi connectivity index (χ3v) is 3.45. The molecule has 0 saturated heterocycles. The summed E-state index contributed by atoms with van der Waals surface area (Å²) in [5.74, 6) is -1.34. The summed E-state index contributed by atoms with van der Waals surface area (Å²) in [6, 6.07) is 17.4. The van der Waals surface area contributed by atoms with Crippen LogP contribution in [0.4, 0.5) is 4.79 Å². The second-order valence-corrected chi connectivity index (χ2v) is 5.26. The third kappa shape index (κ3) is 5.40. The van der Waals surface area contributed by atoms with E-state index in [1.165, 1.54) is 0 Å². The molecule has 126 valence electrons. The van der Waals surface area contributed by atoms with E-state index in [1.807, 2.05) is 36.4 Å². The molecule has 0 aliphatic rings. The number of carboxylic acids is 1. The standard InChI is InChI=1S/C18H19NO5/c20-16(17(21)22)11-15(14-9-5-2-6-10-14)19-18(23)24-12-13-7-3-1-4-8-13/h1-10,15-16,20H,11-12H2,(H,19,23)(H,21,22)/t15-,16+/m1/s1. The van der Waals surface area contributed by atoms with E-state index in [2.05, 4.69) is 5.32 Å². The molecule has 0 spiro atoms. The lowest BCUT2D eigenvalue weighted by Crippen LogP contribution is -2.33. The summed E-state index contributed by atoms with van der Waals surface area (Å²) < 4.78 is 5.14. The van der Waals surface area contributed by atoms with Gasteiger partial charge in [0.15, 0.2) is 6.10 Å². The fourth-order valence-corrected chi connectivity index (χ4v) is 2.19. The minimum absolute atomic E-state index is 0.107. The van der Waals surface area contributed by atoms with Crippen molar-refractivity contribution in [3.63, 3.8) is 0 Å². The number of benzene rings is 2. The van der Waals surface area contributed by atoms with Crippen molar-refractivity contribution in [1.82, 2.24) is 5.32 Å². The number of carboxylic acid groups (broad SMARTS) is 1. The van der Waals surface area contributed by atoms with Gasteiger partial charge in [0.2, 0.25) is 0 Å². The first kappa shape index (κ1) is 17.5. The van der Waals surface area contributed by atoms with E-state index in [-0.39, 0.29) is 13.0 Å². The molecule has 0 aromatic heterocycles. The van der Waals surface area contributed by atoms with Gasteiger partial charge < -0.3 is 20.3 Å². The molecule has 0 bridgehead atoms. The van der Waals surface area contributed by atoms with Gasteiger partial charge in [0.25, 0.3) is 0 Å². The van der Waals surface area contributed by atoms with E-state index in [4.69, 9.17) is 9.84 Å². The molecule has 0 heterocycles. The maximum atomic E-state index is 12.0. The fourth-order valence-electron chi connectivity index (χ4n) is 2.19. The average molecular weight is 329 g/mol. The first-order valence-corrected chi connectivity index (χ1v) is 7.49. The van der Waals surface area contributed by atoms with Crippen molar-refractivity contribution in [2.24, 2.45) is 0 Å². The highest BCUT2D eigenvalue weighted by Gasteiger charge is 2.23. The molecule has 0 saturated carbocycles. The van der Waals surface area contributed by atoms with Gasteiger partial charge in [0, 0.05) is 6.42 Å². The molecular formula is C18H19NO5. The molecule has 6 nitrogen and oxygen atoms in total. The van der Waals surface area contributed by atoms with E-state index >= 15 is 0 Å². The second kappa shape index (κ2) is 8.69. The van der Waals surface area contributed by atoms with Crippen LogP contribution in [0, 0.1) is 0 Å². The molecule has 0 aliphatic heterocycles. The number of ether oxygens (including phenoxy) is 1. The maximum absolute atomic E-state index is 12.0. The summed E-state index contributed by atoms with van der Waals surface area (Å²) in [5.41, 5.74) is 1.53. The van der Waals surface area contributed by atoms with Crippen molar-refractivity contribution in [2.45, 2.75) is 25.2 Å². The van der Waals surface area contributed by atoms with Crippen LogP contribution in [0.1, 0.15) is 23.6 Å². The number of aliphatic hydroxyl groups excluding tert-OH is 1. The second-order valence-electron chi connectivity index (χ2n) is 5.26. The van der Waals surface area contributed by atoms with Crippen LogP contribution in [0.3, 0.4) is 0 Å². The lowest BCUT2D eigenvalue weighted by atomic mass is 10.0. The Morgan fingerprint density at radius 1 is 1.00 bits per heavy atom. The number of aliphatic hydroxyl groups is 1. The van der Waals surface area contributed by atoms with Gasteiger partial charge in [-0.1, -0.05) is 60.7 Å². The highest BCUT2D eigenvalue weighted by atomic mass is 16.5. The molecule has 24 heavy (non-hydrogen) atoms. The fraction of sp³-hybridized carbons (Fsp3) is 0.222. The molecule has 3 N–H and O–H groups in total. The van der Waals surface area contributed by atoms with Crippen molar-refractivity contribution in [3.05, 3.63) is 71.8 Å². The van der Waals surface area contributed by atoms with Crippen molar-refractivity contribution in [2.75, 3.05) is 0 Å². The van der Waals surface area contributed by atoms with Gasteiger partial charge >= 0.3 is 12.1 Å². The van der Waals surface area contributed by atoms with Crippen molar-refractivity contribution in [1.29, 1.82) is 0 Å². The van der Waals surface area contributed by atoms with Crippen LogP contribution < -0.4 is 5.32 Å². The van der Waals surface area contributed by atoms with Crippen LogP contribution in [-0.2, 0) is 16.1 Å². The van der Waals surface area contributed by atoms with E-state index in [0.717, 1.165) is 5.56 Å². The minimum atomic E-state index is -1.58. The third-order valence-electron chi connectivity index (χ3n) is 3.45. The number of rotatable bonds is 7. The zero-order chi connectivity index (χ0) is 17.4. The molecule has 6 heteroatoms. The molecule has 0 aliphatic carbocycles. The van der Waals surface area contributed by atoms with Crippen LogP contribution in [0.25, 0.3) is 0 Å². The maximum Gasteiger partial charge on any atom is 0.407 e. The summed E-state index contributed by atoms with van der Waals surface area (Å²) in [4.78, 5) is 22.9. The van der Waals surface area contributed by atoms with Crippen molar-refractivity contribution >= 4 is 12.1 Å². The van der Waals surface area contributed by atoms with Crippen LogP contribution >= 0.6 is 0 Å². The molecule has 2 rings (SSSR count). The molecule has 1 amide bonds. The lowest BCUT2D eigenvalue weighted by Gasteiger charge is -2.20. The van der Waals surface area contributed by atoms with Gasteiger partial charge in [-0.25, -0.2) is 9.59 Å². The molecule has 0 unspecified atom stereocenters. The predicted octanol–water partition coefficient (Wildman–Crippen LogP) is 2.49. The van der Waals surface area contributed by atoms with Crippen molar-refractivity contribution < 1.29 is 24.5 Å². The molecule has 0 radical (unpaired) electrons. The first-order chi connectivity index (χ1) is 11.6. The minimum Gasteiger partial charge on any atom is -0.479 e. The zero-order valence-electron chi connectivity index (χ0n) is 13.0. The lowest BCUT2D eigenvalue weighted by molar-refractivity contribution is -0.147. The molecular weight excluding hydrogens is 310 g/mol.